The van der Waals surface area contributed by atoms with E-state index in [1.807, 2.05) is 104 Å². The van der Waals surface area contributed by atoms with Crippen molar-refractivity contribution in [1.82, 2.24) is 8.96 Å². The number of ether oxygens (including phenoxy) is 1. The number of aromatic nitrogens is 2. The Bertz CT molecular complexity index is 2100. The van der Waals surface area contributed by atoms with E-state index in [1.54, 1.807) is 36.4 Å². The van der Waals surface area contributed by atoms with Gasteiger partial charge in [-0.25, -0.2) is 22.2 Å². The first-order valence-electron chi connectivity index (χ1n) is 16.7. The van der Waals surface area contributed by atoms with Crippen LogP contribution in [0, 0.1) is 0 Å². The number of methoxy groups -OCH3 is 1. The Morgan fingerprint density at radius 3 is 2.02 bits per heavy atom. The molecule has 2 aromatic heterocycles. The molecule has 51 heavy (non-hydrogen) atoms. The van der Waals surface area contributed by atoms with Gasteiger partial charge in [0.15, 0.2) is 5.82 Å². The van der Waals surface area contributed by atoms with Gasteiger partial charge in [0.25, 0.3) is 10.0 Å². The maximum Gasteiger partial charge on any atom is 0.340 e. The standard InChI is InChI=1S/C38H35ClN4O4S2.C2H6/c1-47-38(44)33-25-40-37(42(26-28-14-5-2-6-15-28)27-29-16-7-3-8-17-29)36-32(33)24-35(43(36)49(45,46)30-18-9-4-10-19-30)31-20-11-12-21-34(31)41-48-23-13-22-39;1-2/h2-12,14-21,24-25,41H,13,22-23,26-27H2,1H3;1-2H3. The molecule has 11 heteroatoms. The Kier molecular flexibility index (Phi) is 13.2. The largest absolute Gasteiger partial charge is 0.465 e. The number of carbonyl (C=O) groups excluding carboxylic acids is 1. The van der Waals surface area contributed by atoms with Gasteiger partial charge in [-0.2, -0.15) is 0 Å². The summed E-state index contributed by atoms with van der Waals surface area (Å²) in [7, 11) is -2.95. The lowest BCUT2D eigenvalue weighted by molar-refractivity contribution is 0.0602. The minimum absolute atomic E-state index is 0.0998. The fraction of sp³-hybridized carbons (Fsp3) is 0.200. The van der Waals surface area contributed by atoms with Gasteiger partial charge in [0.05, 0.1) is 29.0 Å². The number of carbonyl (C=O) groups is 1. The van der Waals surface area contributed by atoms with Gasteiger partial charge < -0.3 is 14.4 Å². The summed E-state index contributed by atoms with van der Waals surface area (Å²) in [5.74, 6) is 1.08. The molecule has 0 bridgehead atoms. The first-order chi connectivity index (χ1) is 24.9. The van der Waals surface area contributed by atoms with E-state index in [4.69, 9.17) is 21.3 Å². The molecule has 0 aliphatic carbocycles. The first kappa shape index (κ1) is 37.5. The summed E-state index contributed by atoms with van der Waals surface area (Å²) in [6.45, 7) is 4.85. The van der Waals surface area contributed by atoms with Crippen molar-refractivity contribution in [2.45, 2.75) is 38.3 Å². The van der Waals surface area contributed by atoms with Crippen LogP contribution >= 0.6 is 23.5 Å². The summed E-state index contributed by atoms with van der Waals surface area (Å²) < 4.78 is 39.7. The second-order valence-corrected chi connectivity index (χ2v) is 14.3. The lowest BCUT2D eigenvalue weighted by Gasteiger charge is -2.26. The number of hydrogen-bond acceptors (Lipinski definition) is 8. The van der Waals surface area contributed by atoms with E-state index >= 15 is 0 Å². The van der Waals surface area contributed by atoms with E-state index in [9.17, 15) is 13.2 Å². The number of para-hydroxylation sites is 1. The van der Waals surface area contributed by atoms with Crippen LogP contribution < -0.4 is 9.62 Å². The summed E-state index contributed by atoms with van der Waals surface area (Å²) in [6, 6.07) is 37.4. The quantitative estimate of drug-likeness (QED) is 0.0511. The second-order valence-electron chi connectivity index (χ2n) is 11.2. The van der Waals surface area contributed by atoms with Crippen LogP contribution in [0.25, 0.3) is 22.2 Å². The molecule has 0 unspecified atom stereocenters. The van der Waals surface area contributed by atoms with E-state index in [0.29, 0.717) is 47.1 Å². The zero-order valence-corrected chi connectivity index (χ0v) is 31.2. The van der Waals surface area contributed by atoms with Crippen LogP contribution in [0.5, 0.6) is 0 Å². The summed E-state index contributed by atoms with van der Waals surface area (Å²) in [5, 5.41) is 0.405. The third-order valence-corrected chi connectivity index (χ3v) is 10.8. The van der Waals surface area contributed by atoms with Gasteiger partial charge in [-0.1, -0.05) is 123 Å². The average molecular weight is 741 g/mol. The molecule has 8 nitrogen and oxygen atoms in total. The van der Waals surface area contributed by atoms with Crippen LogP contribution in [0.1, 0.15) is 41.8 Å². The molecule has 1 N–H and O–H groups in total. The van der Waals surface area contributed by atoms with Crippen LogP contribution in [0.4, 0.5) is 11.5 Å². The second kappa shape index (κ2) is 17.9. The number of anilines is 2. The third kappa shape index (κ3) is 8.58. The number of hydrogen-bond donors (Lipinski definition) is 1. The summed E-state index contributed by atoms with van der Waals surface area (Å²) in [4.78, 5) is 20.3. The lowest BCUT2D eigenvalue weighted by Crippen LogP contribution is -2.25. The highest BCUT2D eigenvalue weighted by Gasteiger charge is 2.31. The van der Waals surface area contributed by atoms with Gasteiger partial charge in [-0.05, 0) is 41.8 Å². The summed E-state index contributed by atoms with van der Waals surface area (Å²) >= 11 is 7.41. The van der Waals surface area contributed by atoms with Crippen LogP contribution in [0.3, 0.4) is 0 Å². The number of halogens is 1. The highest BCUT2D eigenvalue weighted by Crippen LogP contribution is 2.41. The molecule has 0 amide bonds. The normalized spacial score (nSPS) is 11.1. The SMILES string of the molecule is CC.COC(=O)c1cnc(N(Cc2ccccc2)Cc2ccccc2)c2c1cc(-c1ccccc1NSCCCCl)n2S(=O)(=O)c1ccccc1. The number of nitrogens with zero attached hydrogens (tertiary/aromatic N) is 3. The van der Waals surface area contributed by atoms with Crippen molar-refractivity contribution in [2.75, 3.05) is 28.4 Å². The number of fused-ring (bicyclic) bond motifs is 1. The highest BCUT2D eigenvalue weighted by atomic mass is 35.5. The van der Waals surface area contributed by atoms with Crippen LogP contribution in [-0.2, 0) is 27.8 Å². The molecular formula is C40H41ClN4O4S2. The molecule has 6 rings (SSSR count). The molecule has 0 aliphatic rings. The lowest BCUT2D eigenvalue weighted by atomic mass is 10.1. The Morgan fingerprint density at radius 1 is 0.863 bits per heavy atom. The van der Waals surface area contributed by atoms with E-state index in [2.05, 4.69) is 4.72 Å². The van der Waals surface area contributed by atoms with Crippen molar-refractivity contribution in [3.63, 3.8) is 0 Å². The van der Waals surface area contributed by atoms with E-state index < -0.39 is 16.0 Å². The van der Waals surface area contributed by atoms with Crippen molar-refractivity contribution in [2.24, 2.45) is 0 Å². The zero-order chi connectivity index (χ0) is 36.2. The number of nitrogens with one attached hydrogen (secondary N) is 1. The van der Waals surface area contributed by atoms with E-state index in [0.717, 1.165) is 23.3 Å². The van der Waals surface area contributed by atoms with Crippen molar-refractivity contribution in [3.8, 4) is 11.3 Å². The van der Waals surface area contributed by atoms with Gasteiger partial charge in [0, 0.05) is 41.9 Å². The number of rotatable bonds is 14. The fourth-order valence-electron chi connectivity index (χ4n) is 5.67. The average Bonchev–Trinajstić information content (AvgIpc) is 3.59. The maximum atomic E-state index is 14.9. The number of alkyl halides is 1. The zero-order valence-electron chi connectivity index (χ0n) is 28.8. The van der Waals surface area contributed by atoms with E-state index in [1.165, 1.54) is 29.2 Å². The highest BCUT2D eigenvalue weighted by molar-refractivity contribution is 8.00. The summed E-state index contributed by atoms with van der Waals surface area (Å²) in [5.41, 5.74) is 4.18. The van der Waals surface area contributed by atoms with Crippen molar-refractivity contribution >= 4 is 61.9 Å². The molecule has 2 heterocycles. The molecule has 0 saturated carbocycles. The van der Waals surface area contributed by atoms with Gasteiger partial charge in [-0.15, -0.1) is 11.6 Å². The van der Waals surface area contributed by atoms with Crippen LogP contribution in [-0.4, -0.2) is 42.1 Å². The fourth-order valence-corrected chi connectivity index (χ4v) is 8.23. The number of pyridine rings is 1. The maximum absolute atomic E-state index is 14.9. The van der Waals surface area contributed by atoms with Crippen molar-refractivity contribution in [1.29, 1.82) is 0 Å². The van der Waals surface area contributed by atoms with Gasteiger partial charge in [0.2, 0.25) is 0 Å². The molecule has 0 fully saturated rings. The predicted molar refractivity (Wildman–Crippen MR) is 211 cm³/mol. The predicted octanol–water partition coefficient (Wildman–Crippen LogP) is 9.65. The first-order valence-corrected chi connectivity index (χ1v) is 19.7. The minimum Gasteiger partial charge on any atom is -0.465 e. The molecule has 0 aliphatic heterocycles. The number of esters is 1. The smallest absolute Gasteiger partial charge is 0.340 e. The Hall–Kier alpha value is -4.77. The molecule has 0 saturated heterocycles. The van der Waals surface area contributed by atoms with Gasteiger partial charge in [-0.3, -0.25) is 0 Å². The minimum atomic E-state index is -4.25. The van der Waals surface area contributed by atoms with E-state index in [-0.39, 0.29) is 16.0 Å². The molecule has 264 valence electrons. The van der Waals surface area contributed by atoms with Gasteiger partial charge in [0.1, 0.15) is 5.52 Å². The monoisotopic (exact) mass is 740 g/mol. The molecule has 0 radical (unpaired) electrons. The third-order valence-electron chi connectivity index (χ3n) is 7.96. The molecule has 0 spiro atoms. The van der Waals surface area contributed by atoms with Crippen molar-refractivity contribution < 1.29 is 17.9 Å². The van der Waals surface area contributed by atoms with Crippen molar-refractivity contribution in [3.05, 3.63) is 144 Å². The Balaban J connectivity index is 0.00000248. The van der Waals surface area contributed by atoms with Crippen LogP contribution in [0.15, 0.2) is 132 Å². The molecular weight excluding hydrogens is 700 g/mol. The summed E-state index contributed by atoms with van der Waals surface area (Å²) in [6.07, 6.45) is 2.28. The van der Waals surface area contributed by atoms with Gasteiger partial charge >= 0.3 is 5.97 Å². The molecule has 0 atom stereocenters. The number of benzene rings is 4. The topological polar surface area (TPSA) is 93.5 Å². The Labute approximate surface area is 309 Å². The van der Waals surface area contributed by atoms with Crippen LogP contribution in [0.2, 0.25) is 0 Å². The molecule has 6 aromatic rings. The molecule has 4 aromatic carbocycles. The Morgan fingerprint density at radius 2 is 1.43 bits per heavy atom.